The maximum absolute atomic E-state index is 13.0. The molecular weight excluding hydrogens is 383 g/mol. The molecule has 1 aliphatic rings. The Morgan fingerprint density at radius 3 is 2.56 bits per heavy atom. The number of halogens is 4. The summed E-state index contributed by atoms with van der Waals surface area (Å²) in [6.45, 7) is 4.81. The third-order valence-corrected chi connectivity index (χ3v) is 4.53. The maximum Gasteiger partial charge on any atom is 0.421 e. The second-order valence-corrected chi connectivity index (χ2v) is 6.45. The highest BCUT2D eigenvalue weighted by Crippen LogP contribution is 2.35. The number of morpholine rings is 1. The Balaban J connectivity index is 1.86. The average Bonchev–Trinajstić information content (AvgIpc) is 2.64. The number of benzene rings is 1. The second kappa shape index (κ2) is 7.77. The number of aromatic nitrogens is 2. The van der Waals surface area contributed by atoms with Crippen LogP contribution in [0.25, 0.3) is 0 Å². The highest BCUT2D eigenvalue weighted by atomic mass is 35.5. The molecule has 0 radical (unpaired) electrons. The molecule has 0 atom stereocenters. The summed E-state index contributed by atoms with van der Waals surface area (Å²) in [7, 11) is 1.37. The van der Waals surface area contributed by atoms with Crippen LogP contribution in [-0.2, 0) is 10.9 Å². The van der Waals surface area contributed by atoms with Gasteiger partial charge in [0.2, 0.25) is 5.95 Å². The molecule has 1 saturated heterocycles. The van der Waals surface area contributed by atoms with Gasteiger partial charge in [-0.2, -0.15) is 18.2 Å². The van der Waals surface area contributed by atoms with E-state index in [1.54, 1.807) is 0 Å². The molecule has 146 valence electrons. The lowest BCUT2D eigenvalue weighted by Gasteiger charge is -2.30. The standard InChI is InChI=1S/C17H19ClF3N5O/c1-10-7-13(12(18)8-14(10)26-3-5-27-6-4-26)24-16-23-9-11(17(19,20)21)15(22-2)25-16/h7-9H,3-6H2,1-2H3,(H2,22,23,24,25). The number of nitrogens with zero attached hydrogens (tertiary/aromatic N) is 3. The molecule has 10 heteroatoms. The molecule has 0 saturated carbocycles. The predicted octanol–water partition coefficient (Wildman–Crippen LogP) is 4.08. The number of alkyl halides is 3. The van der Waals surface area contributed by atoms with Crippen molar-refractivity contribution in [2.45, 2.75) is 13.1 Å². The highest BCUT2D eigenvalue weighted by Gasteiger charge is 2.35. The van der Waals surface area contributed by atoms with Crippen molar-refractivity contribution < 1.29 is 17.9 Å². The lowest BCUT2D eigenvalue weighted by Crippen LogP contribution is -2.36. The highest BCUT2D eigenvalue weighted by molar-refractivity contribution is 6.33. The van der Waals surface area contributed by atoms with Crippen molar-refractivity contribution in [1.29, 1.82) is 0 Å². The molecule has 2 aromatic rings. The van der Waals surface area contributed by atoms with E-state index in [9.17, 15) is 13.2 Å². The number of rotatable bonds is 4. The van der Waals surface area contributed by atoms with Crippen LogP contribution >= 0.6 is 11.6 Å². The summed E-state index contributed by atoms with van der Waals surface area (Å²) in [6, 6.07) is 3.65. The minimum Gasteiger partial charge on any atom is -0.378 e. The van der Waals surface area contributed by atoms with E-state index >= 15 is 0 Å². The van der Waals surface area contributed by atoms with Gasteiger partial charge in [-0.15, -0.1) is 0 Å². The fraction of sp³-hybridized carbons (Fsp3) is 0.412. The summed E-state index contributed by atoms with van der Waals surface area (Å²) in [5.41, 5.74) is 1.57. The van der Waals surface area contributed by atoms with E-state index in [4.69, 9.17) is 16.3 Å². The van der Waals surface area contributed by atoms with Gasteiger partial charge in [0.15, 0.2) is 0 Å². The first-order valence-electron chi connectivity index (χ1n) is 8.31. The number of hydrogen-bond donors (Lipinski definition) is 2. The van der Waals surface area contributed by atoms with Crippen molar-refractivity contribution in [3.63, 3.8) is 0 Å². The molecule has 0 amide bonds. The van der Waals surface area contributed by atoms with E-state index in [0.717, 1.165) is 30.5 Å². The number of aryl methyl sites for hydroxylation is 1. The number of hydrogen-bond acceptors (Lipinski definition) is 6. The van der Waals surface area contributed by atoms with Crippen molar-refractivity contribution >= 4 is 34.7 Å². The number of anilines is 4. The first kappa shape index (κ1) is 19.5. The number of nitrogens with one attached hydrogen (secondary N) is 2. The predicted molar refractivity (Wildman–Crippen MR) is 99.1 cm³/mol. The molecule has 2 heterocycles. The van der Waals surface area contributed by atoms with Gasteiger partial charge in [-0.05, 0) is 24.6 Å². The smallest absolute Gasteiger partial charge is 0.378 e. The molecule has 6 nitrogen and oxygen atoms in total. The average molecular weight is 402 g/mol. The van der Waals surface area contributed by atoms with Gasteiger partial charge in [-0.1, -0.05) is 11.6 Å². The van der Waals surface area contributed by atoms with Crippen LogP contribution in [0.3, 0.4) is 0 Å². The molecule has 0 unspecified atom stereocenters. The van der Waals surface area contributed by atoms with Crippen molar-refractivity contribution in [3.8, 4) is 0 Å². The SMILES string of the molecule is CNc1nc(Nc2cc(C)c(N3CCOCC3)cc2Cl)ncc1C(F)(F)F. The first-order chi connectivity index (χ1) is 12.8. The van der Waals surface area contributed by atoms with E-state index in [1.165, 1.54) is 7.05 Å². The summed E-state index contributed by atoms with van der Waals surface area (Å²) < 4.78 is 44.2. The number of ether oxygens (including phenoxy) is 1. The van der Waals surface area contributed by atoms with Crippen molar-refractivity contribution in [2.75, 3.05) is 48.9 Å². The monoisotopic (exact) mass is 401 g/mol. The second-order valence-electron chi connectivity index (χ2n) is 6.05. The van der Waals surface area contributed by atoms with E-state index in [-0.39, 0.29) is 11.8 Å². The lowest BCUT2D eigenvalue weighted by atomic mass is 10.1. The van der Waals surface area contributed by atoms with Crippen LogP contribution < -0.4 is 15.5 Å². The summed E-state index contributed by atoms with van der Waals surface area (Å²) in [5, 5.41) is 5.76. The van der Waals surface area contributed by atoms with Gasteiger partial charge in [-0.25, -0.2) is 4.98 Å². The van der Waals surface area contributed by atoms with Crippen LogP contribution in [0.15, 0.2) is 18.3 Å². The van der Waals surface area contributed by atoms with Crippen LogP contribution in [0.4, 0.5) is 36.3 Å². The van der Waals surface area contributed by atoms with Gasteiger partial charge in [-0.3, -0.25) is 0 Å². The molecule has 0 spiro atoms. The molecule has 3 rings (SSSR count). The summed E-state index contributed by atoms with van der Waals surface area (Å²) in [5.74, 6) is -0.287. The van der Waals surface area contributed by atoms with E-state index in [2.05, 4.69) is 25.5 Å². The first-order valence-corrected chi connectivity index (χ1v) is 8.69. The maximum atomic E-state index is 13.0. The Morgan fingerprint density at radius 2 is 1.93 bits per heavy atom. The third kappa shape index (κ3) is 4.36. The zero-order valence-electron chi connectivity index (χ0n) is 14.8. The van der Waals surface area contributed by atoms with Crippen LogP contribution in [-0.4, -0.2) is 43.3 Å². The summed E-state index contributed by atoms with van der Waals surface area (Å²) >= 11 is 6.38. The zero-order chi connectivity index (χ0) is 19.6. The van der Waals surface area contributed by atoms with Gasteiger partial charge >= 0.3 is 6.18 Å². The minimum absolute atomic E-state index is 0.0211. The molecule has 1 aromatic heterocycles. The van der Waals surface area contributed by atoms with Crippen LogP contribution in [0.2, 0.25) is 5.02 Å². The summed E-state index contributed by atoms with van der Waals surface area (Å²) in [4.78, 5) is 9.84. The fourth-order valence-corrected chi connectivity index (χ4v) is 3.08. The van der Waals surface area contributed by atoms with Gasteiger partial charge in [0.05, 0.1) is 23.9 Å². The Hall–Kier alpha value is -2.26. The largest absolute Gasteiger partial charge is 0.421 e. The normalized spacial score (nSPS) is 15.0. The lowest BCUT2D eigenvalue weighted by molar-refractivity contribution is -0.137. The molecule has 0 aliphatic carbocycles. The zero-order valence-corrected chi connectivity index (χ0v) is 15.6. The van der Waals surface area contributed by atoms with Crippen molar-refractivity contribution in [3.05, 3.63) is 34.5 Å². The summed E-state index contributed by atoms with van der Waals surface area (Å²) in [6.07, 6.45) is -3.80. The Kier molecular flexibility index (Phi) is 5.61. The van der Waals surface area contributed by atoms with Crippen molar-refractivity contribution in [2.24, 2.45) is 0 Å². The molecule has 2 N–H and O–H groups in total. The van der Waals surface area contributed by atoms with Gasteiger partial charge in [0.1, 0.15) is 11.4 Å². The van der Waals surface area contributed by atoms with Crippen LogP contribution in [0.1, 0.15) is 11.1 Å². The van der Waals surface area contributed by atoms with E-state index < -0.39 is 11.7 Å². The fourth-order valence-electron chi connectivity index (χ4n) is 2.87. The quantitative estimate of drug-likeness (QED) is 0.805. The van der Waals surface area contributed by atoms with E-state index in [0.29, 0.717) is 23.9 Å². The Bertz CT molecular complexity index is 825. The van der Waals surface area contributed by atoms with Gasteiger partial charge in [0.25, 0.3) is 0 Å². The topological polar surface area (TPSA) is 62.3 Å². The van der Waals surface area contributed by atoms with Gasteiger partial charge in [0, 0.05) is 32.0 Å². The van der Waals surface area contributed by atoms with Crippen LogP contribution in [0.5, 0.6) is 0 Å². The molecule has 0 bridgehead atoms. The van der Waals surface area contributed by atoms with Crippen LogP contribution in [0, 0.1) is 6.92 Å². The molecule has 1 fully saturated rings. The van der Waals surface area contributed by atoms with Gasteiger partial charge < -0.3 is 20.3 Å². The molecule has 1 aromatic carbocycles. The Morgan fingerprint density at radius 1 is 1.22 bits per heavy atom. The third-order valence-electron chi connectivity index (χ3n) is 4.21. The van der Waals surface area contributed by atoms with Crippen molar-refractivity contribution in [1.82, 2.24) is 9.97 Å². The molecular formula is C17H19ClF3N5O. The Labute approximate surface area is 159 Å². The minimum atomic E-state index is -4.54. The van der Waals surface area contributed by atoms with E-state index in [1.807, 2.05) is 19.1 Å². The molecule has 1 aliphatic heterocycles. The molecule has 27 heavy (non-hydrogen) atoms.